The highest BCUT2D eigenvalue weighted by Gasteiger charge is 2.33. The Hall–Kier alpha value is -0.850. The molecule has 2 rings (SSSR count). The van der Waals surface area contributed by atoms with Gasteiger partial charge in [-0.25, -0.2) is 0 Å². The summed E-state index contributed by atoms with van der Waals surface area (Å²) < 4.78 is 5.17. The molecule has 0 spiro atoms. The highest BCUT2D eigenvalue weighted by Crippen LogP contribution is 2.12. The summed E-state index contributed by atoms with van der Waals surface area (Å²) in [7, 11) is 0. The number of hydrogen-bond acceptors (Lipinski definition) is 4. The van der Waals surface area contributed by atoms with Gasteiger partial charge in [-0.3, -0.25) is 9.59 Å². The standard InChI is InChI=1S/C9H15N3O3.ClH/c10-8(13)7-5-12(1-2-15-7)9(14)6-3-11-4-6;/h6-7,11H,1-5H2,(H2,10,13);1H. The fourth-order valence-corrected chi connectivity index (χ4v) is 1.74. The lowest BCUT2D eigenvalue weighted by atomic mass is 10.0. The van der Waals surface area contributed by atoms with Crippen LogP contribution in [-0.2, 0) is 14.3 Å². The number of carbonyl (C=O) groups excluding carboxylic acids is 2. The molecule has 2 amide bonds. The highest BCUT2D eigenvalue weighted by atomic mass is 35.5. The molecule has 0 radical (unpaired) electrons. The highest BCUT2D eigenvalue weighted by molar-refractivity contribution is 5.85. The molecule has 1 atom stereocenters. The number of morpholine rings is 1. The molecule has 16 heavy (non-hydrogen) atoms. The summed E-state index contributed by atoms with van der Waals surface area (Å²) in [5.41, 5.74) is 5.14. The largest absolute Gasteiger partial charge is 0.367 e. The second-order valence-electron chi connectivity index (χ2n) is 3.90. The third-order valence-electron chi connectivity index (χ3n) is 2.83. The van der Waals surface area contributed by atoms with E-state index < -0.39 is 12.0 Å². The number of halogens is 1. The van der Waals surface area contributed by atoms with Crippen LogP contribution in [0.15, 0.2) is 0 Å². The van der Waals surface area contributed by atoms with E-state index in [0.717, 1.165) is 13.1 Å². The van der Waals surface area contributed by atoms with Gasteiger partial charge in [0.15, 0.2) is 6.10 Å². The van der Waals surface area contributed by atoms with Crippen molar-refractivity contribution in [3.05, 3.63) is 0 Å². The molecule has 2 heterocycles. The fraction of sp³-hybridized carbons (Fsp3) is 0.778. The van der Waals surface area contributed by atoms with Crippen molar-refractivity contribution in [1.82, 2.24) is 10.2 Å². The fourth-order valence-electron chi connectivity index (χ4n) is 1.74. The van der Waals surface area contributed by atoms with Gasteiger partial charge < -0.3 is 20.7 Å². The van der Waals surface area contributed by atoms with E-state index in [4.69, 9.17) is 10.5 Å². The molecule has 92 valence electrons. The summed E-state index contributed by atoms with van der Waals surface area (Å²) in [5.74, 6) is -0.334. The van der Waals surface area contributed by atoms with Crippen molar-refractivity contribution in [3.8, 4) is 0 Å². The van der Waals surface area contributed by atoms with E-state index in [1.54, 1.807) is 4.90 Å². The van der Waals surface area contributed by atoms with Crippen LogP contribution in [0.1, 0.15) is 0 Å². The molecule has 7 heteroatoms. The molecular weight excluding hydrogens is 234 g/mol. The first kappa shape index (κ1) is 13.2. The average molecular weight is 250 g/mol. The van der Waals surface area contributed by atoms with Crippen molar-refractivity contribution in [3.63, 3.8) is 0 Å². The van der Waals surface area contributed by atoms with E-state index in [2.05, 4.69) is 5.32 Å². The molecule has 0 aromatic rings. The summed E-state index contributed by atoms with van der Waals surface area (Å²) in [4.78, 5) is 24.4. The zero-order chi connectivity index (χ0) is 10.8. The molecule has 6 nitrogen and oxygen atoms in total. The SMILES string of the molecule is Cl.NC(=O)C1CN(C(=O)C2CNC2)CCO1. The maximum absolute atomic E-state index is 11.8. The van der Waals surface area contributed by atoms with Crippen molar-refractivity contribution in [2.45, 2.75) is 6.10 Å². The number of carbonyl (C=O) groups is 2. The summed E-state index contributed by atoms with van der Waals surface area (Å²) in [6, 6.07) is 0. The van der Waals surface area contributed by atoms with Crippen LogP contribution in [0.2, 0.25) is 0 Å². The van der Waals surface area contributed by atoms with Gasteiger partial charge >= 0.3 is 0 Å². The van der Waals surface area contributed by atoms with Gasteiger partial charge in [-0.1, -0.05) is 0 Å². The number of primary amides is 1. The van der Waals surface area contributed by atoms with Crippen LogP contribution in [0.3, 0.4) is 0 Å². The third-order valence-corrected chi connectivity index (χ3v) is 2.83. The molecule has 0 aromatic heterocycles. The van der Waals surface area contributed by atoms with Crippen molar-refractivity contribution in [1.29, 1.82) is 0 Å². The molecule has 0 aliphatic carbocycles. The van der Waals surface area contributed by atoms with E-state index in [1.165, 1.54) is 0 Å². The van der Waals surface area contributed by atoms with Gasteiger partial charge in [0.1, 0.15) is 0 Å². The second-order valence-corrected chi connectivity index (χ2v) is 3.90. The monoisotopic (exact) mass is 249 g/mol. The minimum Gasteiger partial charge on any atom is -0.367 e. The van der Waals surface area contributed by atoms with Gasteiger partial charge in [0, 0.05) is 19.6 Å². The van der Waals surface area contributed by atoms with E-state index in [9.17, 15) is 9.59 Å². The maximum Gasteiger partial charge on any atom is 0.248 e. The average Bonchev–Trinajstić information content (AvgIpc) is 2.15. The topological polar surface area (TPSA) is 84.7 Å². The van der Waals surface area contributed by atoms with Gasteiger partial charge in [-0.2, -0.15) is 0 Å². The summed E-state index contributed by atoms with van der Waals surface area (Å²) in [5, 5.41) is 3.04. The number of hydrogen-bond donors (Lipinski definition) is 2. The predicted molar refractivity (Wildman–Crippen MR) is 59.1 cm³/mol. The number of nitrogens with zero attached hydrogens (tertiary/aromatic N) is 1. The molecule has 2 fully saturated rings. The minimum atomic E-state index is -0.643. The van der Waals surface area contributed by atoms with Crippen LogP contribution < -0.4 is 11.1 Å². The molecular formula is C9H16ClN3O3. The van der Waals surface area contributed by atoms with Gasteiger partial charge in [0.2, 0.25) is 11.8 Å². The molecule has 1 unspecified atom stereocenters. The Morgan fingerprint density at radius 2 is 2.06 bits per heavy atom. The Kier molecular flexibility index (Phi) is 4.52. The number of nitrogens with two attached hydrogens (primary N) is 1. The number of rotatable bonds is 2. The summed E-state index contributed by atoms with van der Waals surface area (Å²) in [6.45, 7) is 2.71. The molecule has 3 N–H and O–H groups in total. The van der Waals surface area contributed by atoms with Crippen LogP contribution >= 0.6 is 12.4 Å². The first-order valence-corrected chi connectivity index (χ1v) is 5.09. The molecule has 2 aliphatic heterocycles. The molecule has 0 aromatic carbocycles. The zero-order valence-corrected chi connectivity index (χ0v) is 9.66. The lowest BCUT2D eigenvalue weighted by molar-refractivity contribution is -0.149. The zero-order valence-electron chi connectivity index (χ0n) is 8.85. The maximum atomic E-state index is 11.8. The molecule has 2 aliphatic rings. The van der Waals surface area contributed by atoms with Gasteiger partial charge in [0.25, 0.3) is 0 Å². The van der Waals surface area contributed by atoms with E-state index in [0.29, 0.717) is 19.7 Å². The van der Waals surface area contributed by atoms with Gasteiger partial charge in [-0.05, 0) is 0 Å². The second kappa shape index (κ2) is 5.47. The smallest absolute Gasteiger partial charge is 0.248 e. The minimum absolute atomic E-state index is 0. The van der Waals surface area contributed by atoms with Crippen molar-refractivity contribution >= 4 is 24.2 Å². The summed E-state index contributed by atoms with van der Waals surface area (Å²) in [6.07, 6.45) is -0.643. The molecule has 0 saturated carbocycles. The first-order valence-electron chi connectivity index (χ1n) is 5.09. The number of ether oxygens (including phenoxy) is 1. The number of nitrogens with one attached hydrogen (secondary N) is 1. The molecule has 2 saturated heterocycles. The molecule has 0 bridgehead atoms. The van der Waals surface area contributed by atoms with Crippen LogP contribution in [0.4, 0.5) is 0 Å². The Morgan fingerprint density at radius 1 is 1.38 bits per heavy atom. The summed E-state index contributed by atoms with van der Waals surface area (Å²) >= 11 is 0. The number of amides is 2. The van der Waals surface area contributed by atoms with Crippen molar-refractivity contribution < 1.29 is 14.3 Å². The quantitative estimate of drug-likeness (QED) is 0.614. The Morgan fingerprint density at radius 3 is 2.56 bits per heavy atom. The van der Waals surface area contributed by atoms with Crippen LogP contribution in [0, 0.1) is 5.92 Å². The Balaban J connectivity index is 0.00000128. The lowest BCUT2D eigenvalue weighted by Gasteiger charge is -2.36. The van der Waals surface area contributed by atoms with Crippen LogP contribution in [0.25, 0.3) is 0 Å². The van der Waals surface area contributed by atoms with Crippen LogP contribution in [0.5, 0.6) is 0 Å². The van der Waals surface area contributed by atoms with Crippen LogP contribution in [-0.4, -0.2) is 55.6 Å². The van der Waals surface area contributed by atoms with E-state index >= 15 is 0 Å². The first-order chi connectivity index (χ1) is 7.18. The lowest BCUT2D eigenvalue weighted by Crippen LogP contribution is -2.57. The van der Waals surface area contributed by atoms with Gasteiger partial charge in [-0.15, -0.1) is 12.4 Å². The van der Waals surface area contributed by atoms with Gasteiger partial charge in [0.05, 0.1) is 19.1 Å². The van der Waals surface area contributed by atoms with Crippen molar-refractivity contribution in [2.75, 3.05) is 32.8 Å². The van der Waals surface area contributed by atoms with E-state index in [-0.39, 0.29) is 24.2 Å². The third kappa shape index (κ3) is 2.63. The Bertz CT molecular complexity index is 283. The predicted octanol–water partition coefficient (Wildman–Crippen LogP) is -1.66. The Labute approximate surface area is 99.9 Å². The normalized spacial score (nSPS) is 25.5. The van der Waals surface area contributed by atoms with E-state index in [1.807, 2.05) is 0 Å². The van der Waals surface area contributed by atoms with Crippen molar-refractivity contribution in [2.24, 2.45) is 11.7 Å².